The van der Waals surface area contributed by atoms with Gasteiger partial charge in [-0.3, -0.25) is 9.59 Å². The van der Waals surface area contributed by atoms with E-state index in [9.17, 15) is 22.8 Å². The fourth-order valence-electron chi connectivity index (χ4n) is 2.50. The second kappa shape index (κ2) is 6.99. The molecule has 1 saturated carbocycles. The lowest BCUT2D eigenvalue weighted by molar-refractivity contribution is -0.274. The molecule has 1 heterocycles. The van der Waals surface area contributed by atoms with E-state index in [2.05, 4.69) is 15.4 Å². The molecular weight excluding hydrogens is 369 g/mol. The zero-order valence-corrected chi connectivity index (χ0v) is 14.2. The van der Waals surface area contributed by atoms with Gasteiger partial charge in [0.2, 0.25) is 0 Å². The number of thiophene rings is 1. The zero-order chi connectivity index (χ0) is 18.8. The van der Waals surface area contributed by atoms with Gasteiger partial charge in [-0.2, -0.15) is 0 Å². The van der Waals surface area contributed by atoms with Gasteiger partial charge in [-0.25, -0.2) is 0 Å². The molecule has 0 unspecified atom stereocenters. The summed E-state index contributed by atoms with van der Waals surface area (Å²) in [5.41, 5.74) is 0.111. The van der Waals surface area contributed by atoms with E-state index in [4.69, 9.17) is 0 Å². The van der Waals surface area contributed by atoms with Crippen LogP contribution < -0.4 is 15.4 Å². The van der Waals surface area contributed by atoms with Crippen LogP contribution in [-0.2, 0) is 15.0 Å². The molecule has 2 aromatic rings. The van der Waals surface area contributed by atoms with E-state index >= 15 is 0 Å². The Bertz CT molecular complexity index is 785. The molecule has 0 spiro atoms. The third-order valence-corrected chi connectivity index (χ3v) is 5.15. The Balaban J connectivity index is 1.51. The highest BCUT2D eigenvalue weighted by atomic mass is 32.1. The molecule has 1 aliphatic rings. The van der Waals surface area contributed by atoms with Crippen molar-refractivity contribution in [3.05, 3.63) is 46.7 Å². The fraction of sp³-hybridized carbons (Fsp3) is 0.294. The van der Waals surface area contributed by atoms with Gasteiger partial charge < -0.3 is 15.4 Å². The molecule has 0 radical (unpaired) electrons. The standard InChI is InChI=1S/C17H15F3N2O3S/c18-17(19,20)25-12-5-3-11(4-6-12)22-15(24)14(23)21-10-16(7-8-16)13-2-1-9-26-13/h1-6,9H,7-8,10H2,(H,21,23)(H,22,24). The largest absolute Gasteiger partial charge is 0.573 e. The second-order valence-electron chi connectivity index (χ2n) is 5.97. The van der Waals surface area contributed by atoms with Crippen molar-refractivity contribution in [1.29, 1.82) is 0 Å². The van der Waals surface area contributed by atoms with Crippen molar-refractivity contribution in [1.82, 2.24) is 5.32 Å². The highest BCUT2D eigenvalue weighted by molar-refractivity contribution is 7.10. The molecule has 138 valence electrons. The summed E-state index contributed by atoms with van der Waals surface area (Å²) in [6.07, 6.45) is -2.88. The van der Waals surface area contributed by atoms with Gasteiger partial charge in [0.15, 0.2) is 0 Å². The Morgan fingerprint density at radius 3 is 2.35 bits per heavy atom. The summed E-state index contributed by atoms with van der Waals surface area (Å²) in [6, 6.07) is 8.50. The number of amides is 2. The Hall–Kier alpha value is -2.55. The van der Waals surface area contributed by atoms with Crippen LogP contribution in [0.5, 0.6) is 5.75 Å². The smallest absolute Gasteiger partial charge is 0.406 e. The minimum Gasteiger partial charge on any atom is -0.406 e. The Labute approximate surface area is 151 Å². The molecule has 0 saturated heterocycles. The first-order valence-corrected chi connectivity index (χ1v) is 8.64. The van der Waals surface area contributed by atoms with Crippen LogP contribution in [-0.4, -0.2) is 24.7 Å². The summed E-state index contributed by atoms with van der Waals surface area (Å²) in [6.45, 7) is 0.373. The molecule has 1 fully saturated rings. The number of benzene rings is 1. The fourth-order valence-corrected chi connectivity index (χ4v) is 3.49. The first kappa shape index (κ1) is 18.2. The van der Waals surface area contributed by atoms with Crippen molar-refractivity contribution in [2.75, 3.05) is 11.9 Å². The van der Waals surface area contributed by atoms with Gasteiger partial charge in [-0.15, -0.1) is 24.5 Å². The van der Waals surface area contributed by atoms with Crippen LogP contribution in [0.3, 0.4) is 0 Å². The number of carbonyl (C=O) groups is 2. The number of hydrogen-bond donors (Lipinski definition) is 2. The number of hydrogen-bond acceptors (Lipinski definition) is 4. The minimum atomic E-state index is -4.79. The van der Waals surface area contributed by atoms with Gasteiger partial charge in [0.1, 0.15) is 5.75 Å². The molecule has 0 bridgehead atoms. The molecule has 1 aromatic carbocycles. The van der Waals surface area contributed by atoms with Crippen molar-refractivity contribution < 1.29 is 27.5 Å². The molecule has 2 amide bonds. The molecule has 5 nitrogen and oxygen atoms in total. The number of rotatable bonds is 5. The van der Waals surface area contributed by atoms with Crippen LogP contribution in [0, 0.1) is 0 Å². The average Bonchev–Trinajstić information content (AvgIpc) is 3.15. The Kier molecular flexibility index (Phi) is 4.90. The van der Waals surface area contributed by atoms with Gasteiger partial charge in [0, 0.05) is 22.5 Å². The number of nitrogens with one attached hydrogen (secondary N) is 2. The molecule has 0 atom stereocenters. The van der Waals surface area contributed by atoms with Crippen molar-refractivity contribution in [3.63, 3.8) is 0 Å². The normalized spacial score (nSPS) is 15.2. The Morgan fingerprint density at radius 2 is 1.81 bits per heavy atom. The molecule has 3 rings (SSSR count). The van der Waals surface area contributed by atoms with Crippen LogP contribution in [0.1, 0.15) is 17.7 Å². The highest BCUT2D eigenvalue weighted by Gasteiger charge is 2.45. The summed E-state index contributed by atoms with van der Waals surface area (Å²) in [7, 11) is 0. The van der Waals surface area contributed by atoms with Gasteiger partial charge >= 0.3 is 18.2 Å². The van der Waals surface area contributed by atoms with Crippen LogP contribution in [0.2, 0.25) is 0 Å². The summed E-state index contributed by atoms with van der Waals surface area (Å²) in [4.78, 5) is 25.1. The lowest BCUT2D eigenvalue weighted by Crippen LogP contribution is -2.39. The summed E-state index contributed by atoms with van der Waals surface area (Å²) in [5, 5.41) is 6.92. The molecule has 1 aliphatic carbocycles. The minimum absolute atomic E-state index is 0.0827. The van der Waals surface area contributed by atoms with Crippen molar-refractivity contribution in [2.45, 2.75) is 24.6 Å². The van der Waals surface area contributed by atoms with Gasteiger partial charge in [0.05, 0.1) is 0 Å². The highest BCUT2D eigenvalue weighted by Crippen LogP contribution is 2.49. The van der Waals surface area contributed by atoms with E-state index < -0.39 is 23.9 Å². The van der Waals surface area contributed by atoms with E-state index in [1.54, 1.807) is 11.3 Å². The van der Waals surface area contributed by atoms with Crippen molar-refractivity contribution >= 4 is 28.8 Å². The number of halogens is 3. The first-order chi connectivity index (χ1) is 12.3. The second-order valence-corrected chi connectivity index (χ2v) is 6.91. The van der Waals surface area contributed by atoms with E-state index in [0.29, 0.717) is 6.54 Å². The maximum absolute atomic E-state index is 12.1. The average molecular weight is 384 g/mol. The summed E-state index contributed by atoms with van der Waals surface area (Å²) < 4.78 is 40.0. The number of anilines is 1. The van der Waals surface area contributed by atoms with Crippen LogP contribution in [0.25, 0.3) is 0 Å². The van der Waals surface area contributed by atoms with E-state index in [-0.39, 0.29) is 11.1 Å². The summed E-state index contributed by atoms with van der Waals surface area (Å²) in [5.74, 6) is -2.08. The lowest BCUT2D eigenvalue weighted by Gasteiger charge is -2.14. The predicted octanol–water partition coefficient (Wildman–Crippen LogP) is 3.43. The quantitative estimate of drug-likeness (QED) is 0.776. The monoisotopic (exact) mass is 384 g/mol. The van der Waals surface area contributed by atoms with E-state index in [0.717, 1.165) is 25.0 Å². The predicted molar refractivity (Wildman–Crippen MR) is 90.0 cm³/mol. The number of alkyl halides is 3. The lowest BCUT2D eigenvalue weighted by atomic mass is 10.1. The van der Waals surface area contributed by atoms with Crippen LogP contribution in [0.15, 0.2) is 41.8 Å². The van der Waals surface area contributed by atoms with Gasteiger partial charge in [-0.05, 0) is 48.6 Å². The topological polar surface area (TPSA) is 67.4 Å². The third-order valence-electron chi connectivity index (χ3n) is 4.04. The van der Waals surface area contributed by atoms with Gasteiger partial charge in [0.25, 0.3) is 0 Å². The number of carbonyl (C=O) groups excluding carboxylic acids is 2. The van der Waals surface area contributed by atoms with E-state index in [1.807, 2.05) is 17.5 Å². The SMILES string of the molecule is O=C(NCC1(c2cccs2)CC1)C(=O)Nc1ccc(OC(F)(F)F)cc1. The molecule has 26 heavy (non-hydrogen) atoms. The molecule has 9 heteroatoms. The molecule has 0 aliphatic heterocycles. The first-order valence-electron chi connectivity index (χ1n) is 7.76. The Morgan fingerprint density at radius 1 is 1.12 bits per heavy atom. The van der Waals surface area contributed by atoms with Crippen molar-refractivity contribution in [2.24, 2.45) is 0 Å². The summed E-state index contributed by atoms with van der Waals surface area (Å²) >= 11 is 1.62. The van der Waals surface area contributed by atoms with Crippen LogP contribution >= 0.6 is 11.3 Å². The zero-order valence-electron chi connectivity index (χ0n) is 13.4. The molecule has 2 N–H and O–H groups in total. The van der Waals surface area contributed by atoms with Crippen molar-refractivity contribution in [3.8, 4) is 5.75 Å². The third kappa shape index (κ3) is 4.54. The van der Waals surface area contributed by atoms with Crippen LogP contribution in [0.4, 0.5) is 18.9 Å². The molecular formula is C17H15F3N2O3S. The van der Waals surface area contributed by atoms with E-state index in [1.165, 1.54) is 17.0 Å². The maximum Gasteiger partial charge on any atom is 0.573 e. The maximum atomic E-state index is 12.1. The molecule has 1 aromatic heterocycles. The van der Waals surface area contributed by atoms with Gasteiger partial charge in [-0.1, -0.05) is 6.07 Å². The number of ether oxygens (including phenoxy) is 1.